The lowest BCUT2D eigenvalue weighted by Gasteiger charge is -2.10. The number of allylic oxidation sites excluding steroid dienone is 6. The Hall–Kier alpha value is -0.930. The summed E-state index contributed by atoms with van der Waals surface area (Å²) in [7, 11) is -4.00. The minimum absolute atomic E-state index is 0.0811. The molecule has 0 atom stereocenters. The quantitative estimate of drug-likeness (QED) is 0.314. The maximum atomic E-state index is 11.8. The summed E-state index contributed by atoms with van der Waals surface area (Å²) < 4.78 is 21.8. The molecule has 0 aromatic heterocycles. The second kappa shape index (κ2) is 13.3. The van der Waals surface area contributed by atoms with Crippen molar-refractivity contribution in [3.05, 3.63) is 46.6 Å². The predicted octanol–water partition coefficient (Wildman–Crippen LogP) is 6.51. The van der Waals surface area contributed by atoms with Crippen LogP contribution in [0.4, 0.5) is 0 Å². The summed E-state index contributed by atoms with van der Waals surface area (Å²) in [4.78, 5) is 9.67. The molecule has 0 spiro atoms. The Morgan fingerprint density at radius 3 is 1.44 bits per heavy atom. The van der Waals surface area contributed by atoms with Gasteiger partial charge in [-0.15, -0.1) is 0 Å². The van der Waals surface area contributed by atoms with E-state index in [1.165, 1.54) is 11.1 Å². The molecule has 0 aromatic rings. The molecule has 0 aliphatic rings. The fraction of sp³-hybridized carbons (Fsp3) is 0.600. The number of hydrogen-bond acceptors (Lipinski definition) is 3. The first-order valence-electron chi connectivity index (χ1n) is 8.82. The second-order valence-corrected chi connectivity index (χ2v) is 8.25. The van der Waals surface area contributed by atoms with Crippen LogP contribution in [0.25, 0.3) is 0 Å². The number of hydrogen-bond donors (Lipinski definition) is 1. The van der Waals surface area contributed by atoms with E-state index in [0.29, 0.717) is 0 Å². The van der Waals surface area contributed by atoms with Crippen LogP contribution in [-0.4, -0.2) is 18.1 Å². The lowest BCUT2D eigenvalue weighted by Crippen LogP contribution is -1.97. The molecule has 0 aromatic carbocycles. The van der Waals surface area contributed by atoms with Crippen molar-refractivity contribution in [2.75, 3.05) is 13.2 Å². The molecular formula is C20H35O4P. The van der Waals surface area contributed by atoms with Crippen LogP contribution in [0.5, 0.6) is 0 Å². The lowest BCUT2D eigenvalue weighted by molar-refractivity contribution is 0.174. The molecule has 0 heterocycles. The van der Waals surface area contributed by atoms with Gasteiger partial charge >= 0.3 is 7.82 Å². The van der Waals surface area contributed by atoms with Crippen molar-refractivity contribution in [1.82, 2.24) is 0 Å². The maximum absolute atomic E-state index is 11.8. The van der Waals surface area contributed by atoms with Crippen molar-refractivity contribution in [3.8, 4) is 0 Å². The molecule has 0 amide bonds. The Morgan fingerprint density at radius 2 is 1.12 bits per heavy atom. The van der Waals surface area contributed by atoms with Crippen molar-refractivity contribution in [3.63, 3.8) is 0 Å². The zero-order chi connectivity index (χ0) is 19.3. The second-order valence-electron chi connectivity index (χ2n) is 6.80. The highest BCUT2D eigenvalue weighted by atomic mass is 31.2. The van der Waals surface area contributed by atoms with Gasteiger partial charge in [0.2, 0.25) is 0 Å². The number of phosphoric acid groups is 1. The first kappa shape index (κ1) is 24.1. The van der Waals surface area contributed by atoms with E-state index in [-0.39, 0.29) is 13.2 Å². The highest BCUT2D eigenvalue weighted by molar-refractivity contribution is 7.47. The molecule has 0 unspecified atom stereocenters. The van der Waals surface area contributed by atoms with Gasteiger partial charge in [-0.1, -0.05) is 46.6 Å². The third kappa shape index (κ3) is 16.3. The van der Waals surface area contributed by atoms with Crippen LogP contribution in [-0.2, 0) is 13.6 Å². The molecule has 25 heavy (non-hydrogen) atoms. The van der Waals surface area contributed by atoms with E-state index in [4.69, 9.17) is 9.05 Å². The minimum atomic E-state index is -4.00. The largest absolute Gasteiger partial charge is 0.472 e. The Kier molecular flexibility index (Phi) is 12.8. The molecule has 0 aliphatic heterocycles. The van der Waals surface area contributed by atoms with E-state index in [9.17, 15) is 9.46 Å². The summed E-state index contributed by atoms with van der Waals surface area (Å²) in [5.74, 6) is 0. The summed E-state index contributed by atoms with van der Waals surface area (Å²) in [6.45, 7) is 12.4. The van der Waals surface area contributed by atoms with E-state index in [2.05, 4.69) is 39.8 Å². The third-order valence-electron chi connectivity index (χ3n) is 3.52. The topological polar surface area (TPSA) is 55.8 Å². The molecule has 1 N–H and O–H groups in total. The molecule has 5 heteroatoms. The zero-order valence-corrected chi connectivity index (χ0v) is 17.6. The molecule has 0 rings (SSSR count). The standard InChI is InChI=1S/C20H35O4P/c1-17(2)9-7-11-19(5)13-15-23-25(21,22)24-16-14-20(6)12-8-10-18(3)4/h9-10,13-14H,7-8,11-12,15-16H2,1-6H3,(H,21,22)/b19-13+,20-14+. The van der Waals surface area contributed by atoms with Gasteiger partial charge in [0, 0.05) is 0 Å². The van der Waals surface area contributed by atoms with Crippen molar-refractivity contribution >= 4 is 7.82 Å². The van der Waals surface area contributed by atoms with Gasteiger partial charge in [-0.2, -0.15) is 0 Å². The van der Waals surface area contributed by atoms with Crippen LogP contribution in [0.1, 0.15) is 67.2 Å². The van der Waals surface area contributed by atoms with Crippen molar-refractivity contribution < 1.29 is 18.5 Å². The van der Waals surface area contributed by atoms with Crippen LogP contribution in [0.2, 0.25) is 0 Å². The monoisotopic (exact) mass is 370 g/mol. The first-order valence-corrected chi connectivity index (χ1v) is 10.3. The van der Waals surface area contributed by atoms with Crippen LogP contribution in [0, 0.1) is 0 Å². The summed E-state index contributed by atoms with van der Waals surface area (Å²) in [6, 6.07) is 0. The molecule has 0 aliphatic carbocycles. The Labute approximate surface area is 153 Å². The van der Waals surface area contributed by atoms with Gasteiger partial charge in [0.15, 0.2) is 0 Å². The summed E-state index contributed by atoms with van der Waals surface area (Å²) >= 11 is 0. The molecule has 0 saturated carbocycles. The average molecular weight is 370 g/mol. The van der Waals surface area contributed by atoms with E-state index < -0.39 is 7.82 Å². The lowest BCUT2D eigenvalue weighted by atomic mass is 10.1. The van der Waals surface area contributed by atoms with Gasteiger partial charge in [-0.25, -0.2) is 4.57 Å². The Balaban J connectivity index is 4.13. The zero-order valence-electron chi connectivity index (χ0n) is 16.7. The van der Waals surface area contributed by atoms with Gasteiger partial charge in [-0.05, 0) is 67.2 Å². The predicted molar refractivity (Wildman–Crippen MR) is 107 cm³/mol. The highest BCUT2D eigenvalue weighted by Gasteiger charge is 2.19. The van der Waals surface area contributed by atoms with Crippen LogP contribution >= 0.6 is 7.82 Å². The van der Waals surface area contributed by atoms with Gasteiger partial charge < -0.3 is 4.89 Å². The molecule has 0 bridgehead atoms. The van der Waals surface area contributed by atoms with Crippen molar-refractivity contribution in [2.45, 2.75) is 67.2 Å². The van der Waals surface area contributed by atoms with Gasteiger partial charge in [0.1, 0.15) is 0 Å². The molecule has 0 saturated heterocycles. The Morgan fingerprint density at radius 1 is 0.760 bits per heavy atom. The van der Waals surface area contributed by atoms with Crippen LogP contribution < -0.4 is 0 Å². The van der Waals surface area contributed by atoms with Crippen molar-refractivity contribution in [2.24, 2.45) is 0 Å². The third-order valence-corrected chi connectivity index (χ3v) is 4.47. The molecule has 4 nitrogen and oxygen atoms in total. The fourth-order valence-electron chi connectivity index (χ4n) is 1.97. The fourth-order valence-corrected chi connectivity index (χ4v) is 2.57. The van der Waals surface area contributed by atoms with Gasteiger partial charge in [-0.3, -0.25) is 9.05 Å². The number of rotatable bonds is 12. The van der Waals surface area contributed by atoms with Crippen LogP contribution in [0.15, 0.2) is 46.6 Å². The van der Waals surface area contributed by atoms with E-state index in [1.54, 1.807) is 0 Å². The van der Waals surface area contributed by atoms with E-state index in [1.807, 2.05) is 26.0 Å². The molecule has 144 valence electrons. The van der Waals surface area contributed by atoms with Crippen molar-refractivity contribution in [1.29, 1.82) is 0 Å². The van der Waals surface area contributed by atoms with E-state index in [0.717, 1.165) is 36.8 Å². The minimum Gasteiger partial charge on any atom is -0.302 e. The molecule has 0 radical (unpaired) electrons. The smallest absolute Gasteiger partial charge is 0.302 e. The first-order chi connectivity index (χ1) is 11.6. The van der Waals surface area contributed by atoms with Gasteiger partial charge in [0.25, 0.3) is 0 Å². The summed E-state index contributed by atoms with van der Waals surface area (Å²) in [6.07, 6.45) is 11.8. The normalized spacial score (nSPS) is 14.8. The molecule has 0 fully saturated rings. The number of phosphoric ester groups is 1. The van der Waals surface area contributed by atoms with E-state index >= 15 is 0 Å². The average Bonchev–Trinajstić information content (AvgIpc) is 2.45. The van der Waals surface area contributed by atoms with Crippen LogP contribution in [0.3, 0.4) is 0 Å². The highest BCUT2D eigenvalue weighted by Crippen LogP contribution is 2.43. The SMILES string of the molecule is CC(C)=CCC/C(C)=C/COP(=O)(O)OC/C=C(\C)CCC=C(C)C. The maximum Gasteiger partial charge on any atom is 0.472 e. The Bertz CT molecular complexity index is 502. The van der Waals surface area contributed by atoms with Gasteiger partial charge in [0.05, 0.1) is 13.2 Å². The summed E-state index contributed by atoms with van der Waals surface area (Å²) in [5, 5.41) is 0. The summed E-state index contributed by atoms with van der Waals surface area (Å²) in [5.41, 5.74) is 4.85. The molecular weight excluding hydrogens is 335 g/mol.